The summed E-state index contributed by atoms with van der Waals surface area (Å²) in [6.07, 6.45) is 0.272. The minimum atomic E-state index is -0.334. The van der Waals surface area contributed by atoms with Crippen LogP contribution in [0.4, 0.5) is 0 Å². The first-order valence-electron chi connectivity index (χ1n) is 4.29. The number of hydrogen-bond donors (Lipinski definition) is 1. The fourth-order valence-corrected chi connectivity index (χ4v) is 1.44. The van der Waals surface area contributed by atoms with Crippen LogP contribution in [0.1, 0.15) is 12.0 Å². The summed E-state index contributed by atoms with van der Waals surface area (Å²) in [7, 11) is 0. The third-order valence-corrected chi connectivity index (χ3v) is 2.14. The molecule has 0 fully saturated rings. The minimum absolute atomic E-state index is 0.272. The number of nitrogens with two attached hydrogens (primary N) is 1. The molecule has 0 bridgehead atoms. The highest BCUT2D eigenvalue weighted by atomic mass is 79.9. The molecule has 0 atom stereocenters. The highest BCUT2D eigenvalue weighted by molar-refractivity contribution is 9.10. The molecule has 0 aliphatic carbocycles. The van der Waals surface area contributed by atoms with Crippen molar-refractivity contribution >= 4 is 21.8 Å². The fourth-order valence-electron chi connectivity index (χ4n) is 0.990. The van der Waals surface area contributed by atoms with Crippen LogP contribution in [0.3, 0.4) is 0 Å². The summed E-state index contributed by atoms with van der Waals surface area (Å²) in [6.45, 7) is 0.883. The van der Waals surface area contributed by atoms with E-state index < -0.39 is 0 Å². The average Bonchev–Trinajstić information content (AvgIpc) is 2.12. The van der Waals surface area contributed by atoms with Crippen LogP contribution in [-0.2, 0) is 16.1 Å². The molecular formula is C10H12BrNO2. The summed E-state index contributed by atoms with van der Waals surface area (Å²) in [5, 5.41) is 0. The molecule has 0 heterocycles. The van der Waals surface area contributed by atoms with Gasteiger partial charge in [0.1, 0.15) is 0 Å². The van der Waals surface area contributed by atoms with Crippen molar-refractivity contribution < 1.29 is 9.53 Å². The molecule has 1 rings (SSSR count). The zero-order valence-corrected chi connectivity index (χ0v) is 9.29. The Morgan fingerprint density at radius 1 is 1.50 bits per heavy atom. The van der Waals surface area contributed by atoms with Crippen molar-refractivity contribution in [2.75, 3.05) is 6.61 Å². The van der Waals surface area contributed by atoms with Crippen molar-refractivity contribution in [3.8, 4) is 0 Å². The Morgan fingerprint density at radius 2 is 2.29 bits per heavy atom. The van der Waals surface area contributed by atoms with E-state index in [0.717, 1.165) is 10.0 Å². The molecule has 1 aromatic carbocycles. The number of ether oxygens (including phenoxy) is 1. The normalized spacial score (nSPS) is 10.1. The number of amides is 1. The molecule has 1 amide bonds. The van der Waals surface area contributed by atoms with Gasteiger partial charge in [0.25, 0.3) is 0 Å². The van der Waals surface area contributed by atoms with Crippen molar-refractivity contribution in [3.63, 3.8) is 0 Å². The van der Waals surface area contributed by atoms with E-state index in [0.29, 0.717) is 13.2 Å². The number of halogens is 1. The smallest absolute Gasteiger partial charge is 0.219 e. The Kier molecular flexibility index (Phi) is 4.62. The predicted molar refractivity (Wildman–Crippen MR) is 57.6 cm³/mol. The Morgan fingerprint density at radius 3 is 2.93 bits per heavy atom. The maximum atomic E-state index is 10.4. The van der Waals surface area contributed by atoms with Gasteiger partial charge in [-0.2, -0.15) is 0 Å². The van der Waals surface area contributed by atoms with E-state index in [1.54, 1.807) is 0 Å². The Labute approximate surface area is 91.4 Å². The number of primary amides is 1. The van der Waals surface area contributed by atoms with Gasteiger partial charge in [-0.15, -0.1) is 0 Å². The topological polar surface area (TPSA) is 52.3 Å². The number of rotatable bonds is 5. The van der Waals surface area contributed by atoms with E-state index in [-0.39, 0.29) is 12.3 Å². The van der Waals surface area contributed by atoms with Gasteiger partial charge in [-0.3, -0.25) is 4.79 Å². The number of hydrogen-bond acceptors (Lipinski definition) is 2. The quantitative estimate of drug-likeness (QED) is 0.819. The highest BCUT2D eigenvalue weighted by Crippen LogP contribution is 2.12. The first-order valence-corrected chi connectivity index (χ1v) is 5.08. The molecule has 0 unspecified atom stereocenters. The van der Waals surface area contributed by atoms with Crippen LogP contribution in [0.5, 0.6) is 0 Å². The van der Waals surface area contributed by atoms with Crippen LogP contribution >= 0.6 is 15.9 Å². The van der Waals surface area contributed by atoms with Crippen LogP contribution in [0.2, 0.25) is 0 Å². The van der Waals surface area contributed by atoms with E-state index in [4.69, 9.17) is 10.5 Å². The molecule has 0 radical (unpaired) electrons. The van der Waals surface area contributed by atoms with Crippen LogP contribution in [0.15, 0.2) is 28.7 Å². The van der Waals surface area contributed by atoms with Gasteiger partial charge in [-0.1, -0.05) is 28.1 Å². The molecule has 0 saturated heterocycles. The van der Waals surface area contributed by atoms with Gasteiger partial charge in [0.15, 0.2) is 0 Å². The van der Waals surface area contributed by atoms with E-state index in [1.807, 2.05) is 24.3 Å². The summed E-state index contributed by atoms with van der Waals surface area (Å²) in [6, 6.07) is 7.84. The Bertz CT molecular complexity index is 315. The SMILES string of the molecule is NC(=O)CCOCc1cccc(Br)c1. The minimum Gasteiger partial charge on any atom is -0.376 e. The van der Waals surface area contributed by atoms with E-state index >= 15 is 0 Å². The van der Waals surface area contributed by atoms with Gasteiger partial charge in [0.05, 0.1) is 13.2 Å². The lowest BCUT2D eigenvalue weighted by Crippen LogP contribution is -2.13. The molecule has 0 spiro atoms. The highest BCUT2D eigenvalue weighted by Gasteiger charge is 1.96. The van der Waals surface area contributed by atoms with Crippen molar-refractivity contribution in [2.24, 2.45) is 5.73 Å². The van der Waals surface area contributed by atoms with Crippen LogP contribution < -0.4 is 5.73 Å². The molecule has 3 nitrogen and oxygen atoms in total. The molecule has 0 aromatic heterocycles. The van der Waals surface area contributed by atoms with E-state index in [9.17, 15) is 4.79 Å². The molecule has 0 aliphatic heterocycles. The average molecular weight is 258 g/mol. The van der Waals surface area contributed by atoms with Gasteiger partial charge in [-0.25, -0.2) is 0 Å². The monoisotopic (exact) mass is 257 g/mol. The fraction of sp³-hybridized carbons (Fsp3) is 0.300. The molecule has 0 aliphatic rings. The number of carbonyl (C=O) groups is 1. The lowest BCUT2D eigenvalue weighted by atomic mass is 10.2. The maximum absolute atomic E-state index is 10.4. The van der Waals surface area contributed by atoms with Gasteiger partial charge in [0, 0.05) is 10.9 Å². The predicted octanol–water partition coefficient (Wildman–Crippen LogP) is 1.84. The van der Waals surface area contributed by atoms with Gasteiger partial charge < -0.3 is 10.5 Å². The first-order chi connectivity index (χ1) is 6.68. The van der Waals surface area contributed by atoms with Crippen LogP contribution in [0.25, 0.3) is 0 Å². The van der Waals surface area contributed by atoms with Crippen molar-refractivity contribution in [1.29, 1.82) is 0 Å². The summed E-state index contributed by atoms with van der Waals surface area (Å²) in [4.78, 5) is 10.4. The molecule has 14 heavy (non-hydrogen) atoms. The second-order valence-electron chi connectivity index (χ2n) is 2.90. The Balaban J connectivity index is 2.28. The summed E-state index contributed by atoms with van der Waals surface area (Å²) < 4.78 is 6.29. The summed E-state index contributed by atoms with van der Waals surface area (Å²) >= 11 is 3.36. The largest absolute Gasteiger partial charge is 0.376 e. The second-order valence-corrected chi connectivity index (χ2v) is 3.81. The molecule has 1 aromatic rings. The van der Waals surface area contributed by atoms with Crippen LogP contribution in [0, 0.1) is 0 Å². The van der Waals surface area contributed by atoms with E-state index in [1.165, 1.54) is 0 Å². The lowest BCUT2D eigenvalue weighted by molar-refractivity contribution is -0.119. The molecule has 4 heteroatoms. The Hall–Kier alpha value is -0.870. The van der Waals surface area contributed by atoms with Crippen LogP contribution in [-0.4, -0.2) is 12.5 Å². The maximum Gasteiger partial charge on any atom is 0.219 e. The molecule has 76 valence electrons. The standard InChI is InChI=1S/C10H12BrNO2/c11-9-3-1-2-8(6-9)7-14-5-4-10(12)13/h1-3,6H,4-5,7H2,(H2,12,13). The number of benzene rings is 1. The molecule has 0 saturated carbocycles. The summed E-state index contributed by atoms with van der Waals surface area (Å²) in [5.74, 6) is -0.334. The van der Waals surface area contributed by atoms with Gasteiger partial charge in [0.2, 0.25) is 5.91 Å². The van der Waals surface area contributed by atoms with Gasteiger partial charge >= 0.3 is 0 Å². The van der Waals surface area contributed by atoms with E-state index in [2.05, 4.69) is 15.9 Å². The third kappa shape index (κ3) is 4.39. The van der Waals surface area contributed by atoms with Crippen molar-refractivity contribution in [1.82, 2.24) is 0 Å². The molecular weight excluding hydrogens is 246 g/mol. The lowest BCUT2D eigenvalue weighted by Gasteiger charge is -2.03. The zero-order chi connectivity index (χ0) is 10.4. The second kappa shape index (κ2) is 5.78. The first kappa shape index (κ1) is 11.2. The summed E-state index contributed by atoms with van der Waals surface area (Å²) in [5.41, 5.74) is 6.04. The third-order valence-electron chi connectivity index (χ3n) is 1.65. The molecule has 2 N–H and O–H groups in total. The zero-order valence-electron chi connectivity index (χ0n) is 7.70. The van der Waals surface area contributed by atoms with Crippen molar-refractivity contribution in [3.05, 3.63) is 34.3 Å². The van der Waals surface area contributed by atoms with Crippen molar-refractivity contribution in [2.45, 2.75) is 13.0 Å². The number of carbonyl (C=O) groups excluding carboxylic acids is 1. The van der Waals surface area contributed by atoms with Gasteiger partial charge in [-0.05, 0) is 17.7 Å².